The van der Waals surface area contributed by atoms with E-state index in [1.165, 1.54) is 6.07 Å². The van der Waals surface area contributed by atoms with Crippen LogP contribution in [0, 0.1) is 0 Å². The first-order chi connectivity index (χ1) is 11.3. The van der Waals surface area contributed by atoms with Crippen LogP contribution in [0.25, 0.3) is 0 Å². The van der Waals surface area contributed by atoms with Gasteiger partial charge in [-0.15, -0.1) is 0 Å². The lowest BCUT2D eigenvalue weighted by Gasteiger charge is -2.28. The third-order valence-corrected chi connectivity index (χ3v) is 3.62. The van der Waals surface area contributed by atoms with Crippen molar-refractivity contribution in [3.63, 3.8) is 0 Å². The molecule has 2 rings (SSSR count). The highest BCUT2D eigenvalue weighted by Crippen LogP contribution is 2.22. The molecule has 1 aromatic rings. The number of alkyl halides is 3. The second-order valence-electron chi connectivity index (χ2n) is 5.74. The summed E-state index contributed by atoms with van der Waals surface area (Å²) in [5, 5.41) is 5.49. The van der Waals surface area contributed by atoms with Crippen LogP contribution in [0.2, 0.25) is 0 Å². The van der Waals surface area contributed by atoms with Gasteiger partial charge < -0.3 is 20.1 Å². The van der Waals surface area contributed by atoms with Gasteiger partial charge in [-0.25, -0.2) is 4.79 Å². The largest absolute Gasteiger partial charge is 0.484 e. The minimum atomic E-state index is -4.41. The molecule has 2 amide bonds. The first-order valence-electron chi connectivity index (χ1n) is 7.77. The molecule has 0 aliphatic carbocycles. The normalized spacial score (nSPS) is 21.2. The van der Waals surface area contributed by atoms with Gasteiger partial charge in [0.1, 0.15) is 5.75 Å². The first kappa shape index (κ1) is 18.4. The number of carbonyl (C=O) groups excluding carboxylic acids is 1. The molecule has 0 bridgehead atoms. The van der Waals surface area contributed by atoms with Crippen molar-refractivity contribution in [1.29, 1.82) is 0 Å². The monoisotopic (exact) mass is 346 g/mol. The van der Waals surface area contributed by atoms with Gasteiger partial charge in [-0.3, -0.25) is 0 Å². The Labute approximate surface area is 138 Å². The van der Waals surface area contributed by atoms with Crippen molar-refractivity contribution in [2.45, 2.75) is 44.6 Å². The molecule has 1 heterocycles. The Morgan fingerprint density at radius 1 is 1.38 bits per heavy atom. The Hall–Kier alpha value is -1.96. The van der Waals surface area contributed by atoms with Crippen LogP contribution >= 0.6 is 0 Å². The van der Waals surface area contributed by atoms with E-state index >= 15 is 0 Å². The van der Waals surface area contributed by atoms with Crippen LogP contribution < -0.4 is 15.4 Å². The van der Waals surface area contributed by atoms with Gasteiger partial charge >= 0.3 is 12.2 Å². The zero-order valence-electron chi connectivity index (χ0n) is 13.4. The topological polar surface area (TPSA) is 59.6 Å². The number of carbonyl (C=O) groups is 1. The quantitative estimate of drug-likeness (QED) is 0.862. The molecule has 2 N–H and O–H groups in total. The molecular formula is C16H21F3N2O3. The Morgan fingerprint density at radius 2 is 2.12 bits per heavy atom. The average Bonchev–Trinajstić information content (AvgIpc) is 2.51. The number of benzene rings is 1. The summed E-state index contributed by atoms with van der Waals surface area (Å²) in [5.41, 5.74) is 0.484. The van der Waals surface area contributed by atoms with Gasteiger partial charge in [-0.05, 0) is 25.8 Å². The number of halogens is 3. The lowest BCUT2D eigenvalue weighted by Crippen LogP contribution is -2.45. The molecule has 134 valence electrons. The highest BCUT2D eigenvalue weighted by atomic mass is 19.4. The first-order valence-corrected chi connectivity index (χ1v) is 7.77. The maximum Gasteiger partial charge on any atom is 0.422 e. The minimum Gasteiger partial charge on any atom is -0.484 e. The van der Waals surface area contributed by atoms with Crippen LogP contribution in [-0.4, -0.2) is 37.6 Å². The van der Waals surface area contributed by atoms with Gasteiger partial charge in [-0.2, -0.15) is 13.2 Å². The van der Waals surface area contributed by atoms with Gasteiger partial charge in [0.05, 0.1) is 6.10 Å². The molecule has 1 aromatic carbocycles. The van der Waals surface area contributed by atoms with Crippen molar-refractivity contribution in [2.24, 2.45) is 0 Å². The third kappa shape index (κ3) is 6.27. The smallest absolute Gasteiger partial charge is 0.422 e. The van der Waals surface area contributed by atoms with E-state index in [-0.39, 0.29) is 30.5 Å². The van der Waals surface area contributed by atoms with E-state index in [4.69, 9.17) is 9.47 Å². The van der Waals surface area contributed by atoms with E-state index in [2.05, 4.69) is 10.6 Å². The fourth-order valence-corrected chi connectivity index (χ4v) is 2.49. The van der Waals surface area contributed by atoms with Gasteiger partial charge in [0.25, 0.3) is 0 Å². The van der Waals surface area contributed by atoms with Crippen molar-refractivity contribution in [3.8, 4) is 5.75 Å². The summed E-state index contributed by atoms with van der Waals surface area (Å²) in [5.74, 6) is 0.106. The van der Waals surface area contributed by atoms with Crippen LogP contribution in [0.1, 0.15) is 25.3 Å². The fourth-order valence-electron chi connectivity index (χ4n) is 2.49. The number of ether oxygens (including phenoxy) is 2. The summed E-state index contributed by atoms with van der Waals surface area (Å²) in [7, 11) is 0. The summed E-state index contributed by atoms with van der Waals surface area (Å²) in [6.07, 6.45) is -2.83. The number of hydrogen-bond acceptors (Lipinski definition) is 3. The number of rotatable bonds is 5. The summed E-state index contributed by atoms with van der Waals surface area (Å²) in [6, 6.07) is 5.99. The maximum atomic E-state index is 12.3. The van der Waals surface area contributed by atoms with Crippen molar-refractivity contribution < 1.29 is 27.4 Å². The van der Waals surface area contributed by atoms with Crippen LogP contribution in [-0.2, 0) is 11.3 Å². The predicted molar refractivity (Wildman–Crippen MR) is 81.8 cm³/mol. The zero-order chi connectivity index (χ0) is 17.6. The van der Waals surface area contributed by atoms with Crippen LogP contribution in [0.15, 0.2) is 24.3 Å². The molecular weight excluding hydrogens is 325 g/mol. The number of para-hydroxylation sites is 1. The highest BCUT2D eigenvalue weighted by molar-refractivity contribution is 5.74. The summed E-state index contributed by atoms with van der Waals surface area (Å²) in [6.45, 7) is 1.26. The van der Waals surface area contributed by atoms with Crippen LogP contribution in [0.3, 0.4) is 0 Å². The van der Waals surface area contributed by atoms with Crippen molar-refractivity contribution in [1.82, 2.24) is 10.6 Å². The SMILES string of the molecule is CC1CC(NC(=O)NCc2ccccc2OCC(F)(F)F)CCO1. The Balaban J connectivity index is 1.83. The van der Waals surface area contributed by atoms with E-state index in [0.717, 1.165) is 12.8 Å². The van der Waals surface area contributed by atoms with E-state index in [1.54, 1.807) is 18.2 Å². The van der Waals surface area contributed by atoms with Gasteiger partial charge in [0.15, 0.2) is 6.61 Å². The molecule has 1 aliphatic rings. The molecule has 1 saturated heterocycles. The molecule has 1 fully saturated rings. The average molecular weight is 346 g/mol. The lowest BCUT2D eigenvalue weighted by atomic mass is 10.0. The van der Waals surface area contributed by atoms with Crippen LogP contribution in [0.4, 0.5) is 18.0 Å². The maximum absolute atomic E-state index is 12.3. The number of hydrogen-bond donors (Lipinski definition) is 2. The molecule has 0 saturated carbocycles. The molecule has 5 nitrogen and oxygen atoms in total. The zero-order valence-corrected chi connectivity index (χ0v) is 13.4. The minimum absolute atomic E-state index is 0.0328. The molecule has 24 heavy (non-hydrogen) atoms. The van der Waals surface area contributed by atoms with Crippen molar-refractivity contribution in [3.05, 3.63) is 29.8 Å². The van der Waals surface area contributed by atoms with Gasteiger partial charge in [-0.1, -0.05) is 18.2 Å². The van der Waals surface area contributed by atoms with Crippen LogP contribution in [0.5, 0.6) is 5.75 Å². The molecule has 1 aliphatic heterocycles. The molecule has 8 heteroatoms. The number of amides is 2. The molecule has 2 atom stereocenters. The predicted octanol–water partition coefficient (Wildman–Crippen LogP) is 2.99. The molecule has 0 aromatic heterocycles. The second kappa shape index (κ2) is 8.23. The Kier molecular flexibility index (Phi) is 6.30. The molecule has 0 radical (unpaired) electrons. The van der Waals surface area contributed by atoms with Crippen molar-refractivity contribution in [2.75, 3.05) is 13.2 Å². The fraction of sp³-hybridized carbons (Fsp3) is 0.562. The standard InChI is InChI=1S/C16H21F3N2O3/c1-11-8-13(6-7-23-11)21-15(22)20-9-12-4-2-3-5-14(12)24-10-16(17,18)19/h2-5,11,13H,6-10H2,1H3,(H2,20,21,22). The third-order valence-electron chi connectivity index (χ3n) is 3.62. The summed E-state index contributed by atoms with van der Waals surface area (Å²) < 4.78 is 47.0. The Bertz CT molecular complexity index is 552. The van der Waals surface area contributed by atoms with Crippen molar-refractivity contribution >= 4 is 6.03 Å². The Morgan fingerprint density at radius 3 is 2.83 bits per heavy atom. The van der Waals surface area contributed by atoms with E-state index in [1.807, 2.05) is 6.92 Å². The van der Waals surface area contributed by atoms with E-state index < -0.39 is 12.8 Å². The summed E-state index contributed by atoms with van der Waals surface area (Å²) in [4.78, 5) is 11.9. The lowest BCUT2D eigenvalue weighted by molar-refractivity contribution is -0.153. The van der Waals surface area contributed by atoms with Gasteiger partial charge in [0.2, 0.25) is 0 Å². The van der Waals surface area contributed by atoms with E-state index in [9.17, 15) is 18.0 Å². The number of nitrogens with one attached hydrogen (secondary N) is 2. The second-order valence-corrected chi connectivity index (χ2v) is 5.74. The van der Waals surface area contributed by atoms with Gasteiger partial charge in [0, 0.05) is 24.8 Å². The molecule has 2 unspecified atom stereocenters. The summed E-state index contributed by atoms with van der Waals surface area (Å²) >= 11 is 0. The highest BCUT2D eigenvalue weighted by Gasteiger charge is 2.28. The molecule has 0 spiro atoms. The van der Waals surface area contributed by atoms with E-state index in [0.29, 0.717) is 12.2 Å². The number of urea groups is 1.